The highest BCUT2D eigenvalue weighted by Gasteiger charge is 2.56. The molecule has 19 heavy (non-hydrogen) atoms. The molecule has 3 saturated carbocycles. The summed E-state index contributed by atoms with van der Waals surface area (Å²) in [6, 6.07) is 0. The first-order chi connectivity index (χ1) is 8.95. The highest BCUT2D eigenvalue weighted by molar-refractivity contribution is 5.05. The molecular formula is C17H30O2. The summed E-state index contributed by atoms with van der Waals surface area (Å²) in [5, 5.41) is 9.97. The molecule has 3 aliphatic carbocycles. The van der Waals surface area contributed by atoms with Crippen molar-refractivity contribution in [3.8, 4) is 0 Å². The van der Waals surface area contributed by atoms with Crippen LogP contribution in [0, 0.1) is 35.0 Å². The molecule has 0 aromatic heterocycles. The first-order valence-electron chi connectivity index (χ1n) is 8.16. The van der Waals surface area contributed by atoms with Crippen molar-refractivity contribution in [2.45, 2.75) is 65.1 Å². The van der Waals surface area contributed by atoms with Gasteiger partial charge in [0.15, 0.2) is 0 Å². The first-order valence-corrected chi connectivity index (χ1v) is 8.16. The first kappa shape index (κ1) is 13.9. The van der Waals surface area contributed by atoms with E-state index < -0.39 is 0 Å². The Morgan fingerprint density at radius 2 is 1.74 bits per heavy atom. The normalized spacial score (nSPS) is 52.6. The minimum atomic E-state index is -0.228. The van der Waals surface area contributed by atoms with Crippen LogP contribution in [0.4, 0.5) is 0 Å². The maximum atomic E-state index is 9.97. The SMILES string of the molecule is COC1CC(C2CC3CC2C(C)C3(C)C)CCC1O. The number of aliphatic hydroxyl groups excluding tert-OH is 1. The minimum absolute atomic E-state index is 0.0844. The Morgan fingerprint density at radius 1 is 1.05 bits per heavy atom. The second-order valence-corrected chi connectivity index (χ2v) is 8.02. The van der Waals surface area contributed by atoms with E-state index in [2.05, 4.69) is 20.8 Å². The molecule has 3 rings (SSSR count). The Morgan fingerprint density at radius 3 is 2.32 bits per heavy atom. The molecule has 0 aliphatic heterocycles. The van der Waals surface area contributed by atoms with Gasteiger partial charge >= 0.3 is 0 Å². The van der Waals surface area contributed by atoms with Crippen molar-refractivity contribution in [2.24, 2.45) is 35.0 Å². The maximum absolute atomic E-state index is 9.97. The summed E-state index contributed by atoms with van der Waals surface area (Å²) in [7, 11) is 1.75. The smallest absolute Gasteiger partial charge is 0.0832 e. The standard InChI is InChI=1S/C17H30O2/c1-10-13-8-12(17(10,2)3)9-14(13)11-5-6-15(18)16(7-11)19-4/h10-16,18H,5-9H2,1-4H3. The summed E-state index contributed by atoms with van der Waals surface area (Å²) in [5.41, 5.74) is 0.552. The molecule has 0 radical (unpaired) electrons. The summed E-state index contributed by atoms with van der Waals surface area (Å²) in [6.07, 6.45) is 5.97. The lowest BCUT2D eigenvalue weighted by molar-refractivity contribution is -0.0675. The highest BCUT2D eigenvalue weighted by atomic mass is 16.5. The second kappa shape index (κ2) is 4.73. The third kappa shape index (κ3) is 2.06. The van der Waals surface area contributed by atoms with Crippen LogP contribution in [0.3, 0.4) is 0 Å². The molecule has 0 heterocycles. The van der Waals surface area contributed by atoms with Gasteiger partial charge in [-0.15, -0.1) is 0 Å². The quantitative estimate of drug-likeness (QED) is 0.829. The van der Waals surface area contributed by atoms with Crippen LogP contribution in [0.1, 0.15) is 52.9 Å². The number of fused-ring (bicyclic) bond motifs is 2. The topological polar surface area (TPSA) is 29.5 Å². The zero-order chi connectivity index (χ0) is 13.8. The molecule has 2 bridgehead atoms. The lowest BCUT2D eigenvalue weighted by atomic mass is 9.61. The molecule has 1 N–H and O–H groups in total. The van der Waals surface area contributed by atoms with Crippen LogP contribution >= 0.6 is 0 Å². The Bertz CT molecular complexity index is 334. The van der Waals surface area contributed by atoms with E-state index >= 15 is 0 Å². The van der Waals surface area contributed by atoms with Crippen LogP contribution in [0.5, 0.6) is 0 Å². The van der Waals surface area contributed by atoms with Gasteiger partial charge in [0.25, 0.3) is 0 Å². The van der Waals surface area contributed by atoms with Crippen LogP contribution in [0.15, 0.2) is 0 Å². The van der Waals surface area contributed by atoms with Gasteiger partial charge in [0.1, 0.15) is 0 Å². The average Bonchev–Trinajstić information content (AvgIpc) is 2.90. The summed E-state index contributed by atoms with van der Waals surface area (Å²) in [6.45, 7) is 7.42. The lowest BCUT2D eigenvalue weighted by Gasteiger charge is -2.45. The number of hydrogen-bond acceptors (Lipinski definition) is 2. The van der Waals surface area contributed by atoms with E-state index in [1.807, 2.05) is 0 Å². The second-order valence-electron chi connectivity index (χ2n) is 8.02. The van der Waals surface area contributed by atoms with Crippen molar-refractivity contribution in [1.82, 2.24) is 0 Å². The Labute approximate surface area is 117 Å². The molecule has 0 aromatic rings. The molecule has 7 atom stereocenters. The van der Waals surface area contributed by atoms with E-state index in [0.29, 0.717) is 5.41 Å². The van der Waals surface area contributed by atoms with Gasteiger partial charge in [0, 0.05) is 7.11 Å². The molecular weight excluding hydrogens is 236 g/mol. The summed E-state index contributed by atoms with van der Waals surface area (Å²) >= 11 is 0. The van der Waals surface area contributed by atoms with Crippen molar-refractivity contribution < 1.29 is 9.84 Å². The van der Waals surface area contributed by atoms with Gasteiger partial charge in [-0.05, 0) is 67.1 Å². The third-order valence-electron chi connectivity index (χ3n) is 7.24. The van der Waals surface area contributed by atoms with Gasteiger partial charge in [0.2, 0.25) is 0 Å². The monoisotopic (exact) mass is 266 g/mol. The van der Waals surface area contributed by atoms with E-state index in [1.54, 1.807) is 7.11 Å². The van der Waals surface area contributed by atoms with Crippen LogP contribution in [-0.2, 0) is 4.74 Å². The molecule has 7 unspecified atom stereocenters. The highest BCUT2D eigenvalue weighted by Crippen LogP contribution is 2.63. The summed E-state index contributed by atoms with van der Waals surface area (Å²) in [5.74, 6) is 4.42. The number of aliphatic hydroxyl groups is 1. The fraction of sp³-hybridized carbons (Fsp3) is 1.00. The van der Waals surface area contributed by atoms with Gasteiger partial charge in [-0.25, -0.2) is 0 Å². The van der Waals surface area contributed by atoms with Gasteiger partial charge in [-0.2, -0.15) is 0 Å². The van der Waals surface area contributed by atoms with E-state index in [-0.39, 0.29) is 12.2 Å². The van der Waals surface area contributed by atoms with Crippen LogP contribution in [0.25, 0.3) is 0 Å². The van der Waals surface area contributed by atoms with Crippen molar-refractivity contribution >= 4 is 0 Å². The van der Waals surface area contributed by atoms with Gasteiger partial charge in [-0.3, -0.25) is 0 Å². The van der Waals surface area contributed by atoms with E-state index in [4.69, 9.17) is 4.74 Å². The molecule has 0 spiro atoms. The van der Waals surface area contributed by atoms with Crippen LogP contribution in [-0.4, -0.2) is 24.4 Å². The van der Waals surface area contributed by atoms with Crippen LogP contribution in [0.2, 0.25) is 0 Å². The molecule has 3 fully saturated rings. The number of methoxy groups -OCH3 is 1. The van der Waals surface area contributed by atoms with E-state index in [9.17, 15) is 5.11 Å². The zero-order valence-electron chi connectivity index (χ0n) is 12.9. The van der Waals surface area contributed by atoms with Gasteiger partial charge < -0.3 is 9.84 Å². The third-order valence-corrected chi connectivity index (χ3v) is 7.24. The molecule has 2 heteroatoms. The number of ether oxygens (including phenoxy) is 1. The van der Waals surface area contributed by atoms with E-state index in [1.165, 1.54) is 19.3 Å². The summed E-state index contributed by atoms with van der Waals surface area (Å²) < 4.78 is 5.49. The fourth-order valence-electron chi connectivity index (χ4n) is 5.54. The van der Waals surface area contributed by atoms with Crippen molar-refractivity contribution in [2.75, 3.05) is 7.11 Å². The Hall–Kier alpha value is -0.0800. The largest absolute Gasteiger partial charge is 0.390 e. The van der Waals surface area contributed by atoms with Crippen LogP contribution < -0.4 is 0 Å². The van der Waals surface area contributed by atoms with Crippen molar-refractivity contribution in [1.29, 1.82) is 0 Å². The number of rotatable bonds is 2. The number of hydrogen-bond donors (Lipinski definition) is 1. The predicted molar refractivity (Wildman–Crippen MR) is 76.8 cm³/mol. The van der Waals surface area contributed by atoms with E-state index in [0.717, 1.165) is 42.4 Å². The van der Waals surface area contributed by atoms with Gasteiger partial charge in [0.05, 0.1) is 12.2 Å². The molecule has 0 aromatic carbocycles. The molecule has 0 amide bonds. The maximum Gasteiger partial charge on any atom is 0.0832 e. The molecule has 2 nitrogen and oxygen atoms in total. The summed E-state index contributed by atoms with van der Waals surface area (Å²) in [4.78, 5) is 0. The molecule has 3 aliphatic rings. The molecule has 0 saturated heterocycles. The van der Waals surface area contributed by atoms with Crippen molar-refractivity contribution in [3.63, 3.8) is 0 Å². The molecule has 110 valence electrons. The zero-order valence-corrected chi connectivity index (χ0v) is 12.9. The predicted octanol–water partition coefficient (Wildman–Crippen LogP) is 3.48. The van der Waals surface area contributed by atoms with Crippen molar-refractivity contribution in [3.05, 3.63) is 0 Å². The van der Waals surface area contributed by atoms with Gasteiger partial charge in [-0.1, -0.05) is 20.8 Å². The minimum Gasteiger partial charge on any atom is -0.390 e. The lowest BCUT2D eigenvalue weighted by Crippen LogP contribution is -2.41. The fourth-order valence-corrected chi connectivity index (χ4v) is 5.54. The Balaban J connectivity index is 1.69. The average molecular weight is 266 g/mol. The Kier molecular flexibility index (Phi) is 3.46.